The van der Waals surface area contributed by atoms with Gasteiger partial charge in [0.05, 0.1) is 0 Å². The second-order valence-electron chi connectivity index (χ2n) is 9.00. The smallest absolute Gasteiger partial charge is 0.119 e. The van der Waals surface area contributed by atoms with Crippen molar-refractivity contribution in [2.75, 3.05) is 26.2 Å². The Bertz CT molecular complexity index is 1010. The van der Waals surface area contributed by atoms with Crippen LogP contribution in [-0.2, 0) is 11.8 Å². The van der Waals surface area contributed by atoms with Gasteiger partial charge < -0.3 is 9.64 Å². The van der Waals surface area contributed by atoms with Crippen LogP contribution in [0.15, 0.2) is 72.8 Å². The lowest BCUT2D eigenvalue weighted by atomic mass is 9.60. The molecule has 0 saturated carbocycles. The molecule has 0 amide bonds. The second-order valence-corrected chi connectivity index (χ2v) is 9.44. The first-order valence-electron chi connectivity index (χ1n) is 11.8. The average molecular weight is 485 g/mol. The lowest BCUT2D eigenvalue weighted by Gasteiger charge is -2.44. The zero-order chi connectivity index (χ0) is 22.6. The van der Waals surface area contributed by atoms with Gasteiger partial charge in [0, 0.05) is 22.9 Å². The first kappa shape index (κ1) is 25.6. The maximum absolute atomic E-state index is 6.21. The summed E-state index contributed by atoms with van der Waals surface area (Å²) in [5.41, 5.74) is 5.59. The van der Waals surface area contributed by atoms with Crippen LogP contribution in [0.3, 0.4) is 0 Å². The van der Waals surface area contributed by atoms with E-state index >= 15 is 0 Å². The molecule has 3 aromatic rings. The van der Waals surface area contributed by atoms with E-state index in [1.54, 1.807) is 0 Å². The maximum atomic E-state index is 6.21. The highest BCUT2D eigenvalue weighted by molar-refractivity contribution is 6.30. The Labute approximate surface area is 210 Å². The molecule has 4 rings (SSSR count). The fourth-order valence-corrected chi connectivity index (χ4v) is 5.33. The zero-order valence-electron chi connectivity index (χ0n) is 19.9. The number of benzene rings is 3. The molecule has 0 radical (unpaired) electrons. The normalized spacial score (nSPS) is 19.6. The van der Waals surface area contributed by atoms with Crippen molar-refractivity contribution in [3.8, 4) is 5.75 Å². The SMILES string of the molecule is CCN(CC)CCOc1ccc(C2c3ccccc3CCC2(C)c2ccc(Cl)cc2)cc1.Cl. The van der Waals surface area contributed by atoms with E-state index in [1.807, 2.05) is 12.1 Å². The molecule has 4 heteroatoms. The van der Waals surface area contributed by atoms with Gasteiger partial charge in [-0.3, -0.25) is 0 Å². The molecule has 0 heterocycles. The van der Waals surface area contributed by atoms with Gasteiger partial charge in [-0.25, -0.2) is 0 Å². The summed E-state index contributed by atoms with van der Waals surface area (Å²) in [5.74, 6) is 1.23. The number of hydrogen-bond acceptors (Lipinski definition) is 2. The van der Waals surface area contributed by atoms with Crippen LogP contribution in [0.4, 0.5) is 0 Å². The highest BCUT2D eigenvalue weighted by atomic mass is 35.5. The van der Waals surface area contributed by atoms with E-state index in [9.17, 15) is 0 Å². The second kappa shape index (κ2) is 11.4. The molecule has 2 nitrogen and oxygen atoms in total. The first-order chi connectivity index (χ1) is 15.5. The van der Waals surface area contributed by atoms with Gasteiger partial charge >= 0.3 is 0 Å². The molecule has 0 aromatic heterocycles. The summed E-state index contributed by atoms with van der Waals surface area (Å²) in [6, 6.07) is 26.2. The summed E-state index contributed by atoms with van der Waals surface area (Å²) < 4.78 is 6.05. The van der Waals surface area contributed by atoms with Crippen LogP contribution in [0.5, 0.6) is 5.75 Å². The van der Waals surface area contributed by atoms with E-state index in [-0.39, 0.29) is 17.8 Å². The van der Waals surface area contributed by atoms with Gasteiger partial charge in [-0.2, -0.15) is 0 Å². The van der Waals surface area contributed by atoms with Crippen LogP contribution in [0.1, 0.15) is 55.4 Å². The van der Waals surface area contributed by atoms with Gasteiger partial charge in [-0.15, -0.1) is 12.4 Å². The van der Waals surface area contributed by atoms with E-state index in [4.69, 9.17) is 16.3 Å². The Morgan fingerprint density at radius 1 is 0.939 bits per heavy atom. The summed E-state index contributed by atoms with van der Waals surface area (Å²) in [6.07, 6.45) is 2.21. The van der Waals surface area contributed by atoms with Gasteiger partial charge in [0.25, 0.3) is 0 Å². The lowest BCUT2D eigenvalue weighted by Crippen LogP contribution is -2.36. The van der Waals surface area contributed by atoms with Gasteiger partial charge in [0.15, 0.2) is 0 Å². The number of rotatable bonds is 8. The van der Waals surface area contributed by atoms with Gasteiger partial charge in [-0.05, 0) is 72.5 Å². The Morgan fingerprint density at radius 2 is 1.61 bits per heavy atom. The van der Waals surface area contributed by atoms with E-state index in [0.29, 0.717) is 5.92 Å². The van der Waals surface area contributed by atoms with Crippen molar-refractivity contribution in [2.24, 2.45) is 0 Å². The summed E-state index contributed by atoms with van der Waals surface area (Å²) in [6.45, 7) is 10.6. The van der Waals surface area contributed by atoms with Crippen molar-refractivity contribution in [2.45, 2.75) is 44.9 Å². The van der Waals surface area contributed by atoms with Crippen LogP contribution in [0.2, 0.25) is 5.02 Å². The Morgan fingerprint density at radius 3 is 2.27 bits per heavy atom. The summed E-state index contributed by atoms with van der Waals surface area (Å²) in [7, 11) is 0. The van der Waals surface area contributed by atoms with Crippen molar-refractivity contribution < 1.29 is 4.74 Å². The quantitative estimate of drug-likeness (QED) is 0.328. The molecular formula is C29H35Cl2NO. The highest BCUT2D eigenvalue weighted by Crippen LogP contribution is 2.50. The third-order valence-corrected chi connectivity index (χ3v) is 7.46. The Balaban J connectivity index is 0.00000306. The number of likely N-dealkylation sites (N-methyl/N-ethyl adjacent to an activating group) is 1. The molecule has 33 heavy (non-hydrogen) atoms. The van der Waals surface area contributed by atoms with Gasteiger partial charge in [0.2, 0.25) is 0 Å². The van der Waals surface area contributed by atoms with Gasteiger partial charge in [0.1, 0.15) is 12.4 Å². The summed E-state index contributed by atoms with van der Waals surface area (Å²) in [4.78, 5) is 2.38. The summed E-state index contributed by atoms with van der Waals surface area (Å²) >= 11 is 6.21. The van der Waals surface area contributed by atoms with Crippen LogP contribution < -0.4 is 4.74 Å². The minimum absolute atomic E-state index is 0. The van der Waals surface area contributed by atoms with Crippen LogP contribution >= 0.6 is 24.0 Å². The van der Waals surface area contributed by atoms with E-state index in [0.717, 1.165) is 49.9 Å². The van der Waals surface area contributed by atoms with E-state index in [2.05, 4.69) is 86.3 Å². The van der Waals surface area contributed by atoms with Crippen molar-refractivity contribution in [3.63, 3.8) is 0 Å². The van der Waals surface area contributed by atoms with Crippen molar-refractivity contribution >= 4 is 24.0 Å². The number of nitrogens with zero attached hydrogens (tertiary/aromatic N) is 1. The molecule has 0 spiro atoms. The highest BCUT2D eigenvalue weighted by Gasteiger charge is 2.41. The Kier molecular flexibility index (Phi) is 8.87. The molecule has 0 N–H and O–H groups in total. The zero-order valence-corrected chi connectivity index (χ0v) is 21.5. The molecule has 2 unspecified atom stereocenters. The van der Waals surface area contributed by atoms with Crippen molar-refractivity contribution in [1.82, 2.24) is 4.90 Å². The van der Waals surface area contributed by atoms with Crippen molar-refractivity contribution in [3.05, 3.63) is 100 Å². The number of hydrogen-bond donors (Lipinski definition) is 0. The molecule has 0 bridgehead atoms. The topological polar surface area (TPSA) is 12.5 Å². The van der Waals surface area contributed by atoms with Crippen LogP contribution in [0, 0.1) is 0 Å². The molecule has 0 fully saturated rings. The Hall–Kier alpha value is -2.00. The van der Waals surface area contributed by atoms with E-state index < -0.39 is 0 Å². The molecule has 176 valence electrons. The van der Waals surface area contributed by atoms with Gasteiger partial charge in [-0.1, -0.05) is 80.9 Å². The molecule has 1 aliphatic rings. The first-order valence-corrected chi connectivity index (χ1v) is 12.2. The lowest BCUT2D eigenvalue weighted by molar-refractivity contribution is 0.222. The number of halogens is 2. The minimum atomic E-state index is 0. The fraction of sp³-hybridized carbons (Fsp3) is 0.379. The maximum Gasteiger partial charge on any atom is 0.119 e. The molecule has 0 aliphatic heterocycles. The summed E-state index contributed by atoms with van der Waals surface area (Å²) in [5, 5.41) is 0.788. The molecular weight excluding hydrogens is 449 g/mol. The molecule has 3 aromatic carbocycles. The molecule has 0 saturated heterocycles. The average Bonchev–Trinajstić information content (AvgIpc) is 2.83. The largest absolute Gasteiger partial charge is 0.492 e. The number of aryl methyl sites for hydroxylation is 1. The third kappa shape index (κ3) is 5.57. The predicted molar refractivity (Wildman–Crippen MR) is 142 cm³/mol. The fourth-order valence-electron chi connectivity index (χ4n) is 5.20. The number of fused-ring (bicyclic) bond motifs is 1. The van der Waals surface area contributed by atoms with Crippen LogP contribution in [0.25, 0.3) is 0 Å². The number of ether oxygens (including phenoxy) is 1. The van der Waals surface area contributed by atoms with Crippen molar-refractivity contribution in [1.29, 1.82) is 0 Å². The molecule has 1 aliphatic carbocycles. The third-order valence-electron chi connectivity index (χ3n) is 7.20. The molecule has 2 atom stereocenters. The predicted octanol–water partition coefficient (Wildman–Crippen LogP) is 7.52. The van der Waals surface area contributed by atoms with Crippen LogP contribution in [-0.4, -0.2) is 31.1 Å². The standard InChI is InChI=1S/C29H34ClNO.ClH/c1-4-31(5-2)20-21-32-26-16-10-23(11-17-26)28-27-9-7-6-8-22(27)18-19-29(28,3)24-12-14-25(30)15-13-24;/h6-17,28H,4-5,18-21H2,1-3H3;1H. The van der Waals surface area contributed by atoms with E-state index in [1.165, 1.54) is 22.3 Å². The monoisotopic (exact) mass is 483 g/mol. The minimum Gasteiger partial charge on any atom is -0.492 e.